The molecule has 0 aliphatic heterocycles. The van der Waals surface area contributed by atoms with Gasteiger partial charge < -0.3 is 5.73 Å². The van der Waals surface area contributed by atoms with E-state index in [2.05, 4.69) is 0 Å². The molecule has 1 aromatic carbocycles. The van der Waals surface area contributed by atoms with Crippen LogP contribution in [-0.2, 0) is 15.3 Å². The topological polar surface area (TPSA) is 60.2 Å². The number of nitrogens with two attached hydrogens (primary N) is 1. The predicted octanol–water partition coefficient (Wildman–Crippen LogP) is 2.65. The first-order chi connectivity index (χ1) is 9.19. The van der Waals surface area contributed by atoms with Crippen LogP contribution in [0.2, 0.25) is 0 Å². The fourth-order valence-corrected chi connectivity index (χ4v) is 3.02. The summed E-state index contributed by atoms with van der Waals surface area (Å²) < 4.78 is 35.9. The molecule has 0 saturated heterocycles. The molecule has 1 aromatic rings. The van der Waals surface area contributed by atoms with E-state index in [1.807, 2.05) is 13.8 Å². The van der Waals surface area contributed by atoms with Gasteiger partial charge in [-0.05, 0) is 30.5 Å². The lowest BCUT2D eigenvalue weighted by molar-refractivity contribution is 0.385. The SMILES string of the molecule is CCS(=O)(=O)CCCC(N)C(C)(C)c1ccc(F)cc1. The highest BCUT2D eigenvalue weighted by molar-refractivity contribution is 7.91. The van der Waals surface area contributed by atoms with Gasteiger partial charge in [-0.2, -0.15) is 0 Å². The summed E-state index contributed by atoms with van der Waals surface area (Å²) in [5.41, 5.74) is 6.85. The Morgan fingerprint density at radius 2 is 1.80 bits per heavy atom. The van der Waals surface area contributed by atoms with Gasteiger partial charge in [0.25, 0.3) is 0 Å². The van der Waals surface area contributed by atoms with Crippen molar-refractivity contribution < 1.29 is 12.8 Å². The first-order valence-corrected chi connectivity index (χ1v) is 8.73. The molecule has 2 N–H and O–H groups in total. The Kier molecular flexibility index (Phi) is 5.71. The van der Waals surface area contributed by atoms with Crippen molar-refractivity contribution in [1.29, 1.82) is 0 Å². The van der Waals surface area contributed by atoms with Crippen LogP contribution in [0.25, 0.3) is 0 Å². The van der Waals surface area contributed by atoms with Crippen LogP contribution in [0.3, 0.4) is 0 Å². The van der Waals surface area contributed by atoms with Crippen LogP contribution in [0.15, 0.2) is 24.3 Å². The van der Waals surface area contributed by atoms with Crippen LogP contribution in [0.5, 0.6) is 0 Å². The number of rotatable bonds is 7. The smallest absolute Gasteiger partial charge is 0.150 e. The second kappa shape index (κ2) is 6.68. The monoisotopic (exact) mass is 301 g/mol. The molecule has 0 heterocycles. The van der Waals surface area contributed by atoms with E-state index >= 15 is 0 Å². The predicted molar refractivity (Wildman–Crippen MR) is 81.0 cm³/mol. The highest BCUT2D eigenvalue weighted by Crippen LogP contribution is 2.28. The maximum atomic E-state index is 13.0. The Bertz CT molecular complexity index is 523. The Labute approximate surface area is 121 Å². The van der Waals surface area contributed by atoms with E-state index in [1.165, 1.54) is 12.1 Å². The molecule has 0 aliphatic rings. The molecular formula is C15H24FNO2S. The van der Waals surface area contributed by atoms with Gasteiger partial charge >= 0.3 is 0 Å². The van der Waals surface area contributed by atoms with Crippen molar-refractivity contribution in [2.75, 3.05) is 11.5 Å². The van der Waals surface area contributed by atoms with Gasteiger partial charge in [-0.3, -0.25) is 0 Å². The summed E-state index contributed by atoms with van der Waals surface area (Å²) in [4.78, 5) is 0. The molecule has 20 heavy (non-hydrogen) atoms. The van der Waals surface area contributed by atoms with Crippen LogP contribution in [-0.4, -0.2) is 26.0 Å². The van der Waals surface area contributed by atoms with Crippen molar-refractivity contribution in [3.05, 3.63) is 35.6 Å². The number of halogens is 1. The van der Waals surface area contributed by atoms with Crippen LogP contribution in [0.4, 0.5) is 4.39 Å². The van der Waals surface area contributed by atoms with E-state index in [9.17, 15) is 12.8 Å². The van der Waals surface area contributed by atoms with Gasteiger partial charge in [0.15, 0.2) is 0 Å². The number of hydrogen-bond donors (Lipinski definition) is 1. The lowest BCUT2D eigenvalue weighted by Crippen LogP contribution is -2.41. The van der Waals surface area contributed by atoms with Gasteiger partial charge in [-0.1, -0.05) is 32.9 Å². The Balaban J connectivity index is 2.65. The molecule has 114 valence electrons. The highest BCUT2D eigenvalue weighted by Gasteiger charge is 2.28. The van der Waals surface area contributed by atoms with Crippen molar-refractivity contribution >= 4 is 9.84 Å². The second-order valence-electron chi connectivity index (χ2n) is 5.71. The van der Waals surface area contributed by atoms with E-state index in [4.69, 9.17) is 5.73 Å². The second-order valence-corrected chi connectivity index (χ2v) is 8.19. The van der Waals surface area contributed by atoms with Crippen LogP contribution in [0, 0.1) is 5.82 Å². The standard InChI is InChI=1S/C15H24FNO2S/c1-4-20(18,19)11-5-6-14(17)15(2,3)12-7-9-13(16)10-8-12/h7-10,14H,4-6,11,17H2,1-3H3. The molecule has 1 unspecified atom stereocenters. The molecule has 3 nitrogen and oxygen atoms in total. The van der Waals surface area contributed by atoms with E-state index in [1.54, 1.807) is 19.1 Å². The van der Waals surface area contributed by atoms with Crippen LogP contribution in [0.1, 0.15) is 39.2 Å². The molecular weight excluding hydrogens is 277 g/mol. The Hall–Kier alpha value is -0.940. The molecule has 1 atom stereocenters. The molecule has 0 bridgehead atoms. The van der Waals surface area contributed by atoms with Crippen molar-refractivity contribution in [2.45, 2.75) is 45.1 Å². The van der Waals surface area contributed by atoms with Crippen molar-refractivity contribution in [2.24, 2.45) is 5.73 Å². The minimum atomic E-state index is -2.94. The number of hydrogen-bond acceptors (Lipinski definition) is 3. The third-order valence-corrected chi connectivity index (χ3v) is 5.72. The van der Waals surface area contributed by atoms with E-state index in [-0.39, 0.29) is 28.8 Å². The third kappa shape index (κ3) is 4.56. The Morgan fingerprint density at radius 3 is 2.30 bits per heavy atom. The fourth-order valence-electron chi connectivity index (χ4n) is 2.12. The minimum Gasteiger partial charge on any atom is -0.327 e. The quantitative estimate of drug-likeness (QED) is 0.842. The molecule has 0 aliphatic carbocycles. The first kappa shape index (κ1) is 17.1. The van der Waals surface area contributed by atoms with Gasteiger partial charge in [0.1, 0.15) is 15.7 Å². The summed E-state index contributed by atoms with van der Waals surface area (Å²) in [7, 11) is -2.94. The van der Waals surface area contributed by atoms with E-state index < -0.39 is 9.84 Å². The Morgan fingerprint density at radius 1 is 1.25 bits per heavy atom. The summed E-state index contributed by atoms with van der Waals surface area (Å²) >= 11 is 0. The minimum absolute atomic E-state index is 0.167. The molecule has 0 radical (unpaired) electrons. The maximum Gasteiger partial charge on any atom is 0.150 e. The highest BCUT2D eigenvalue weighted by atomic mass is 32.2. The zero-order valence-corrected chi connectivity index (χ0v) is 13.2. The van der Waals surface area contributed by atoms with Gasteiger partial charge in [-0.25, -0.2) is 12.8 Å². The molecule has 1 rings (SSSR count). The normalized spacial score (nSPS) is 14.2. The third-order valence-electron chi connectivity index (χ3n) is 3.93. The van der Waals surface area contributed by atoms with E-state index in [0.29, 0.717) is 12.8 Å². The van der Waals surface area contributed by atoms with Crippen molar-refractivity contribution in [3.8, 4) is 0 Å². The van der Waals surface area contributed by atoms with Crippen LogP contribution >= 0.6 is 0 Å². The molecule has 0 saturated carbocycles. The molecule has 0 spiro atoms. The average molecular weight is 301 g/mol. The van der Waals surface area contributed by atoms with Gasteiger partial charge in [0.2, 0.25) is 0 Å². The van der Waals surface area contributed by atoms with Gasteiger partial charge in [0, 0.05) is 17.2 Å². The lowest BCUT2D eigenvalue weighted by Gasteiger charge is -2.32. The zero-order valence-electron chi connectivity index (χ0n) is 12.4. The largest absolute Gasteiger partial charge is 0.327 e. The number of sulfone groups is 1. The summed E-state index contributed by atoms with van der Waals surface area (Å²) in [6.07, 6.45) is 1.19. The molecule has 0 amide bonds. The summed E-state index contributed by atoms with van der Waals surface area (Å²) in [6, 6.07) is 6.15. The fraction of sp³-hybridized carbons (Fsp3) is 0.600. The summed E-state index contributed by atoms with van der Waals surface area (Å²) in [6.45, 7) is 5.65. The van der Waals surface area contributed by atoms with Crippen molar-refractivity contribution in [3.63, 3.8) is 0 Å². The van der Waals surface area contributed by atoms with Crippen molar-refractivity contribution in [1.82, 2.24) is 0 Å². The van der Waals surface area contributed by atoms with Gasteiger partial charge in [-0.15, -0.1) is 0 Å². The summed E-state index contributed by atoms with van der Waals surface area (Å²) in [5, 5.41) is 0. The molecule has 0 aromatic heterocycles. The summed E-state index contributed by atoms with van der Waals surface area (Å²) in [5.74, 6) is 0.0764. The lowest BCUT2D eigenvalue weighted by atomic mass is 9.76. The molecule has 5 heteroatoms. The maximum absolute atomic E-state index is 13.0. The van der Waals surface area contributed by atoms with Crippen LogP contribution < -0.4 is 5.73 Å². The zero-order chi connectivity index (χ0) is 15.4. The van der Waals surface area contributed by atoms with Gasteiger partial charge in [0.05, 0.1) is 5.75 Å². The number of benzene rings is 1. The first-order valence-electron chi connectivity index (χ1n) is 6.91. The van der Waals surface area contributed by atoms with E-state index in [0.717, 1.165) is 5.56 Å². The molecule has 0 fully saturated rings. The average Bonchev–Trinajstić information content (AvgIpc) is 2.39.